The van der Waals surface area contributed by atoms with Crippen molar-refractivity contribution in [3.63, 3.8) is 0 Å². The van der Waals surface area contributed by atoms with E-state index < -0.39 is 25.7 Å². The summed E-state index contributed by atoms with van der Waals surface area (Å²) in [6.45, 7) is 13.7. The summed E-state index contributed by atoms with van der Waals surface area (Å²) in [6, 6.07) is 5.25. The molecule has 1 aromatic carbocycles. The van der Waals surface area contributed by atoms with Crippen molar-refractivity contribution in [2.45, 2.75) is 52.9 Å². The monoisotopic (exact) mass is 406 g/mol. The third-order valence-corrected chi connectivity index (χ3v) is 6.24. The number of hydrogen-bond acceptors (Lipinski definition) is 6. The van der Waals surface area contributed by atoms with Crippen LogP contribution in [-0.2, 0) is 4.74 Å². The van der Waals surface area contributed by atoms with Crippen LogP contribution in [-0.4, -0.2) is 30.7 Å². The number of rotatable bonds is 4. The van der Waals surface area contributed by atoms with E-state index in [-0.39, 0.29) is 0 Å². The number of nitrogens with zero attached hydrogens (tertiary/aromatic N) is 1. The molecule has 6 nitrogen and oxygen atoms in total. The highest BCUT2D eigenvalue weighted by Crippen LogP contribution is 2.21. The third kappa shape index (κ3) is 6.18. The molecule has 0 aliphatic rings. The zero-order chi connectivity index (χ0) is 20.4. The SMILES string of the molecule is Cc1nc(C(=O)Oc2ccc(NC(=O)OC(C)(C)C)cc2[Si](C)(C)C)cs1. The Kier molecular flexibility index (Phi) is 6.11. The molecular weight excluding hydrogens is 380 g/mol. The minimum Gasteiger partial charge on any atom is -0.444 e. The first-order chi connectivity index (χ1) is 12.3. The first-order valence-electron chi connectivity index (χ1n) is 8.64. The van der Waals surface area contributed by atoms with Crippen molar-refractivity contribution >= 4 is 42.3 Å². The summed E-state index contributed by atoms with van der Waals surface area (Å²) < 4.78 is 10.9. The summed E-state index contributed by atoms with van der Waals surface area (Å²) in [6.07, 6.45) is -0.522. The summed E-state index contributed by atoms with van der Waals surface area (Å²) in [5.74, 6) is 0.0197. The molecule has 146 valence electrons. The highest BCUT2D eigenvalue weighted by atomic mass is 32.1. The number of thiazole rings is 1. The Morgan fingerprint density at radius 3 is 2.37 bits per heavy atom. The second-order valence-corrected chi connectivity index (χ2v) is 14.3. The predicted octanol–water partition coefficient (Wildman–Crippen LogP) is 4.56. The van der Waals surface area contributed by atoms with Crippen LogP contribution in [0.5, 0.6) is 5.75 Å². The zero-order valence-corrected chi connectivity index (χ0v) is 18.6. The van der Waals surface area contributed by atoms with Gasteiger partial charge in [0, 0.05) is 11.1 Å². The molecule has 0 aliphatic heterocycles. The van der Waals surface area contributed by atoms with Crippen LogP contribution in [0.4, 0.5) is 10.5 Å². The number of aromatic nitrogens is 1. The molecule has 8 heteroatoms. The lowest BCUT2D eigenvalue weighted by Crippen LogP contribution is -2.39. The van der Waals surface area contributed by atoms with Crippen LogP contribution in [0.25, 0.3) is 0 Å². The van der Waals surface area contributed by atoms with E-state index in [0.29, 0.717) is 17.1 Å². The van der Waals surface area contributed by atoms with E-state index in [1.807, 2.05) is 33.8 Å². The summed E-state index contributed by atoms with van der Waals surface area (Å²) in [5, 5.41) is 6.16. The molecule has 0 aliphatic carbocycles. The molecule has 1 amide bonds. The fourth-order valence-electron chi connectivity index (χ4n) is 2.31. The Labute approximate surface area is 164 Å². The van der Waals surface area contributed by atoms with Crippen molar-refractivity contribution < 1.29 is 19.1 Å². The Bertz CT molecular complexity index is 850. The van der Waals surface area contributed by atoms with Gasteiger partial charge in [0.25, 0.3) is 0 Å². The number of ether oxygens (including phenoxy) is 2. The van der Waals surface area contributed by atoms with E-state index in [0.717, 1.165) is 10.2 Å². The standard InChI is InChI=1S/C19H26N2O4SSi/c1-12-20-14(11-26-12)17(22)24-15-9-8-13(10-16(15)27(5,6)7)21-18(23)25-19(2,3)4/h8-11H,1-7H3,(H,21,23). The second-order valence-electron chi connectivity index (χ2n) is 8.23. The molecule has 27 heavy (non-hydrogen) atoms. The molecule has 0 unspecified atom stereocenters. The van der Waals surface area contributed by atoms with Gasteiger partial charge in [0.2, 0.25) is 0 Å². The average molecular weight is 407 g/mol. The Hall–Kier alpha value is -2.19. The van der Waals surface area contributed by atoms with Crippen molar-refractivity contribution in [3.05, 3.63) is 34.3 Å². The van der Waals surface area contributed by atoms with Gasteiger partial charge in [0.1, 0.15) is 11.4 Å². The highest BCUT2D eigenvalue weighted by Gasteiger charge is 2.25. The number of anilines is 1. The van der Waals surface area contributed by atoms with Crippen LogP contribution in [0.15, 0.2) is 23.6 Å². The van der Waals surface area contributed by atoms with Gasteiger partial charge in [-0.25, -0.2) is 14.6 Å². The first-order valence-corrected chi connectivity index (χ1v) is 13.0. The predicted molar refractivity (Wildman–Crippen MR) is 111 cm³/mol. The molecule has 2 rings (SSSR count). The molecular formula is C19H26N2O4SSi. The molecule has 0 spiro atoms. The normalized spacial score (nSPS) is 11.8. The van der Waals surface area contributed by atoms with Crippen molar-refractivity contribution in [2.75, 3.05) is 5.32 Å². The van der Waals surface area contributed by atoms with Crippen LogP contribution in [0, 0.1) is 6.92 Å². The minimum atomic E-state index is -1.86. The number of amides is 1. The fourth-order valence-corrected chi connectivity index (χ4v) is 4.36. The van der Waals surface area contributed by atoms with Crippen LogP contribution in [0.2, 0.25) is 19.6 Å². The molecule has 0 radical (unpaired) electrons. The quantitative estimate of drug-likeness (QED) is 0.457. The Morgan fingerprint density at radius 1 is 1.19 bits per heavy atom. The molecule has 1 heterocycles. The van der Waals surface area contributed by atoms with Gasteiger partial charge in [0.15, 0.2) is 5.69 Å². The number of benzene rings is 1. The second kappa shape index (κ2) is 7.81. The van der Waals surface area contributed by atoms with Gasteiger partial charge in [-0.15, -0.1) is 11.3 Å². The van der Waals surface area contributed by atoms with Gasteiger partial charge in [-0.2, -0.15) is 0 Å². The van der Waals surface area contributed by atoms with E-state index in [4.69, 9.17) is 9.47 Å². The molecule has 0 fully saturated rings. The number of nitrogens with one attached hydrogen (secondary N) is 1. The number of carbonyl (C=O) groups excluding carboxylic acids is 2. The zero-order valence-electron chi connectivity index (χ0n) is 16.8. The number of aryl methyl sites for hydroxylation is 1. The van der Waals surface area contributed by atoms with Gasteiger partial charge >= 0.3 is 12.1 Å². The average Bonchev–Trinajstić information content (AvgIpc) is 2.92. The lowest BCUT2D eigenvalue weighted by atomic mass is 10.2. The van der Waals surface area contributed by atoms with Gasteiger partial charge < -0.3 is 9.47 Å². The minimum absolute atomic E-state index is 0.301. The van der Waals surface area contributed by atoms with Crippen LogP contribution in [0.1, 0.15) is 36.3 Å². The van der Waals surface area contributed by atoms with Gasteiger partial charge in [-0.1, -0.05) is 19.6 Å². The fraction of sp³-hybridized carbons (Fsp3) is 0.421. The third-order valence-electron chi connectivity index (χ3n) is 3.46. The van der Waals surface area contributed by atoms with E-state index in [9.17, 15) is 9.59 Å². The van der Waals surface area contributed by atoms with Crippen molar-refractivity contribution in [3.8, 4) is 5.75 Å². The first kappa shape index (κ1) is 21.1. The van der Waals surface area contributed by atoms with Gasteiger partial charge in [-0.05, 0) is 51.1 Å². The van der Waals surface area contributed by atoms with Crippen molar-refractivity contribution in [1.82, 2.24) is 4.98 Å². The van der Waals surface area contributed by atoms with E-state index in [2.05, 4.69) is 29.9 Å². The largest absolute Gasteiger partial charge is 0.444 e. The Balaban J connectivity index is 2.25. The maximum Gasteiger partial charge on any atom is 0.412 e. The number of esters is 1. The molecule has 1 aromatic heterocycles. The maximum atomic E-state index is 12.4. The molecule has 1 N–H and O–H groups in total. The highest BCUT2D eigenvalue weighted by molar-refractivity contribution is 7.09. The summed E-state index contributed by atoms with van der Waals surface area (Å²) in [7, 11) is -1.86. The van der Waals surface area contributed by atoms with E-state index >= 15 is 0 Å². The Morgan fingerprint density at radius 2 is 1.85 bits per heavy atom. The molecule has 2 aromatic rings. The van der Waals surface area contributed by atoms with Crippen molar-refractivity contribution in [2.24, 2.45) is 0 Å². The smallest absolute Gasteiger partial charge is 0.412 e. The molecule has 0 atom stereocenters. The topological polar surface area (TPSA) is 77.5 Å². The van der Waals surface area contributed by atoms with Crippen LogP contribution < -0.4 is 15.2 Å². The number of carbonyl (C=O) groups is 2. The van der Waals surface area contributed by atoms with Crippen molar-refractivity contribution in [1.29, 1.82) is 0 Å². The van der Waals surface area contributed by atoms with E-state index in [1.165, 1.54) is 11.3 Å². The maximum absolute atomic E-state index is 12.4. The van der Waals surface area contributed by atoms with Crippen LogP contribution >= 0.6 is 11.3 Å². The van der Waals surface area contributed by atoms with Gasteiger partial charge in [0.05, 0.1) is 13.1 Å². The number of hydrogen-bond donors (Lipinski definition) is 1. The summed E-state index contributed by atoms with van der Waals surface area (Å²) in [4.78, 5) is 28.6. The van der Waals surface area contributed by atoms with Gasteiger partial charge in [-0.3, -0.25) is 5.32 Å². The molecule has 0 saturated carbocycles. The lowest BCUT2D eigenvalue weighted by molar-refractivity contribution is 0.0634. The summed E-state index contributed by atoms with van der Waals surface area (Å²) >= 11 is 1.40. The van der Waals surface area contributed by atoms with E-state index in [1.54, 1.807) is 17.5 Å². The molecule has 0 saturated heterocycles. The summed E-state index contributed by atoms with van der Waals surface area (Å²) in [5.41, 5.74) is 0.327. The molecule has 0 bridgehead atoms. The lowest BCUT2D eigenvalue weighted by Gasteiger charge is -2.23. The van der Waals surface area contributed by atoms with Crippen LogP contribution in [0.3, 0.4) is 0 Å².